The number of rotatable bonds is 9. The number of aryl methyl sites for hydroxylation is 1. The Morgan fingerprint density at radius 2 is 1.47 bits per heavy atom. The van der Waals surface area contributed by atoms with E-state index in [2.05, 4.69) is 88.4 Å². The number of aliphatic hydroxyl groups is 1. The minimum absolute atomic E-state index is 0. The monoisotopic (exact) mass is 879 g/mol. The summed E-state index contributed by atoms with van der Waals surface area (Å²) in [6.07, 6.45) is 6.66. The molecule has 51 heavy (non-hydrogen) atoms. The van der Waals surface area contributed by atoms with Crippen molar-refractivity contribution in [3.8, 4) is 21.9 Å². The second kappa shape index (κ2) is 16.0. The second-order valence-electron chi connectivity index (χ2n) is 15.1. The van der Waals surface area contributed by atoms with Gasteiger partial charge < -0.3 is 9.52 Å². The van der Waals surface area contributed by atoms with E-state index >= 15 is 0 Å². The van der Waals surface area contributed by atoms with Crippen LogP contribution in [0.2, 0.25) is 0 Å². The SMILES string of the molecule is CCC(C)(CC)C(=O)/C=C(\O)C(C)(CC)CC.Cc1c(-c2cc3ccnc(-c4[c-]c5ccccc5c(C(C)(C)C)c4)c3s2)oc2ccccc12.[Ir]. The maximum Gasteiger partial charge on any atom is 0.164 e. The Labute approximate surface area is 321 Å². The van der Waals surface area contributed by atoms with Crippen molar-refractivity contribution in [1.82, 2.24) is 4.98 Å². The largest absolute Gasteiger partial charge is 0.512 e. The summed E-state index contributed by atoms with van der Waals surface area (Å²) in [5.74, 6) is 1.23. The van der Waals surface area contributed by atoms with Crippen LogP contribution in [0.15, 0.2) is 89.2 Å². The molecule has 0 amide bonds. The van der Waals surface area contributed by atoms with Gasteiger partial charge in [0.2, 0.25) is 0 Å². The number of allylic oxidation sites excluding steroid dienone is 2. The maximum atomic E-state index is 12.2. The van der Waals surface area contributed by atoms with Gasteiger partial charge >= 0.3 is 0 Å². The third kappa shape index (κ3) is 8.09. The number of thiophene rings is 1. The molecule has 3 heterocycles. The summed E-state index contributed by atoms with van der Waals surface area (Å²) in [6.45, 7) is 21.0. The Morgan fingerprint density at radius 3 is 2.08 bits per heavy atom. The summed E-state index contributed by atoms with van der Waals surface area (Å²) in [4.78, 5) is 18.1. The Bertz CT molecular complexity index is 2170. The van der Waals surface area contributed by atoms with Crippen molar-refractivity contribution in [3.05, 3.63) is 102 Å². The Kier molecular flexibility index (Phi) is 12.6. The number of furan rings is 1. The Morgan fingerprint density at radius 1 is 0.863 bits per heavy atom. The number of pyridine rings is 1. The van der Waals surface area contributed by atoms with Crippen LogP contribution in [-0.2, 0) is 30.3 Å². The van der Waals surface area contributed by atoms with Gasteiger partial charge in [-0.2, -0.15) is 0 Å². The van der Waals surface area contributed by atoms with Crippen molar-refractivity contribution in [2.24, 2.45) is 10.8 Å². The van der Waals surface area contributed by atoms with E-state index in [9.17, 15) is 9.90 Å². The molecule has 0 spiro atoms. The van der Waals surface area contributed by atoms with E-state index in [1.807, 2.05) is 59.9 Å². The minimum Gasteiger partial charge on any atom is -0.512 e. The molecule has 0 aliphatic carbocycles. The van der Waals surface area contributed by atoms with Crippen molar-refractivity contribution in [2.75, 3.05) is 0 Å². The van der Waals surface area contributed by atoms with Gasteiger partial charge in [0.05, 0.1) is 4.88 Å². The molecular weight excluding hydrogens is 827 g/mol. The van der Waals surface area contributed by atoms with Crippen LogP contribution in [-0.4, -0.2) is 15.9 Å². The number of aromatic nitrogens is 1. The number of nitrogens with zero attached hydrogens (tertiary/aromatic N) is 1. The zero-order valence-electron chi connectivity index (χ0n) is 31.8. The van der Waals surface area contributed by atoms with Crippen LogP contribution in [0.5, 0.6) is 0 Å². The first-order chi connectivity index (χ1) is 23.7. The molecule has 271 valence electrons. The summed E-state index contributed by atoms with van der Waals surface area (Å²) >= 11 is 1.74. The molecule has 0 saturated heterocycles. The first-order valence-electron chi connectivity index (χ1n) is 18.0. The quantitative estimate of drug-likeness (QED) is 0.0893. The third-order valence-corrected chi connectivity index (χ3v) is 12.1. The molecule has 0 bridgehead atoms. The number of carbonyl (C=O) groups is 1. The average molecular weight is 879 g/mol. The molecule has 1 radical (unpaired) electrons. The van der Waals surface area contributed by atoms with Crippen molar-refractivity contribution < 1.29 is 34.4 Å². The molecule has 6 heteroatoms. The predicted octanol–water partition coefficient (Wildman–Crippen LogP) is 13.6. The molecule has 3 aromatic heterocycles. The number of fused-ring (bicyclic) bond motifs is 3. The van der Waals surface area contributed by atoms with E-state index in [4.69, 9.17) is 9.40 Å². The molecule has 4 nitrogen and oxygen atoms in total. The van der Waals surface area contributed by atoms with E-state index < -0.39 is 0 Å². The summed E-state index contributed by atoms with van der Waals surface area (Å²) in [5, 5.41) is 14.9. The number of carbonyl (C=O) groups excluding carboxylic acids is 1. The summed E-state index contributed by atoms with van der Waals surface area (Å²) in [5.41, 5.74) is 4.86. The van der Waals surface area contributed by atoms with Crippen LogP contribution in [0.3, 0.4) is 0 Å². The Balaban J connectivity index is 0.000000279. The van der Waals surface area contributed by atoms with Gasteiger partial charge in [0.1, 0.15) is 17.1 Å². The number of aliphatic hydroxyl groups excluding tert-OH is 1. The summed E-state index contributed by atoms with van der Waals surface area (Å²) in [6, 6.07) is 27.0. The van der Waals surface area contributed by atoms with Gasteiger partial charge in [-0.05, 0) is 61.6 Å². The van der Waals surface area contributed by atoms with Gasteiger partial charge in [-0.3, -0.25) is 9.78 Å². The van der Waals surface area contributed by atoms with Crippen LogP contribution in [0.25, 0.3) is 53.7 Å². The first-order valence-corrected chi connectivity index (χ1v) is 18.8. The van der Waals surface area contributed by atoms with Crippen LogP contribution in [0.4, 0.5) is 0 Å². The maximum absolute atomic E-state index is 12.2. The average Bonchev–Trinajstić information content (AvgIpc) is 3.71. The fourth-order valence-electron chi connectivity index (χ4n) is 6.34. The molecule has 0 aliphatic heterocycles. The molecule has 1 N–H and O–H groups in total. The van der Waals surface area contributed by atoms with Crippen molar-refractivity contribution in [1.29, 1.82) is 0 Å². The number of hydrogen-bond donors (Lipinski definition) is 1. The molecule has 3 aromatic carbocycles. The molecule has 6 aromatic rings. The van der Waals surface area contributed by atoms with Crippen LogP contribution in [0.1, 0.15) is 99.1 Å². The fourth-order valence-corrected chi connectivity index (χ4v) is 7.54. The summed E-state index contributed by atoms with van der Waals surface area (Å²) < 4.78 is 7.43. The number of hydrogen-bond acceptors (Lipinski definition) is 5. The molecule has 0 aliphatic rings. The number of ketones is 1. The second-order valence-corrected chi connectivity index (χ2v) is 16.1. The fraction of sp³-hybridized carbons (Fsp3) is 0.378. The molecule has 0 atom stereocenters. The molecule has 6 rings (SSSR count). The zero-order valence-corrected chi connectivity index (χ0v) is 35.0. The molecule has 0 saturated carbocycles. The Hall–Kier alpha value is -3.57. The van der Waals surface area contributed by atoms with E-state index in [1.165, 1.54) is 38.1 Å². The smallest absolute Gasteiger partial charge is 0.164 e. The topological polar surface area (TPSA) is 63.3 Å². The van der Waals surface area contributed by atoms with E-state index in [0.717, 1.165) is 58.5 Å². The standard InChI is InChI=1S/C30H24NOS.C15H28O2.Ir/c1-18-22-10-7-8-12-25(22)32-28(18)26-17-20-13-14-31-27(29(20)33-26)21-15-19-9-5-6-11-23(19)24(16-21)30(2,3)4;1-7-14(5,8-2)12(16)11-13(17)15(6,9-3)10-4;/h5-14,16-17H,1-4H3;11,16H,7-10H2,1-6H3;/q-1;;/b;12-11-;. The molecule has 0 unspecified atom stereocenters. The van der Waals surface area contributed by atoms with Gasteiger partial charge in [0, 0.05) is 64.6 Å². The normalized spacial score (nSPS) is 12.5. The van der Waals surface area contributed by atoms with Gasteiger partial charge in [0.15, 0.2) is 5.78 Å². The predicted molar refractivity (Wildman–Crippen MR) is 213 cm³/mol. The van der Waals surface area contributed by atoms with Crippen LogP contribution >= 0.6 is 11.3 Å². The van der Waals surface area contributed by atoms with Gasteiger partial charge in [0.25, 0.3) is 0 Å². The van der Waals surface area contributed by atoms with E-state index in [-0.39, 0.29) is 47.9 Å². The summed E-state index contributed by atoms with van der Waals surface area (Å²) in [7, 11) is 0. The molecular formula is C45H52IrNO3S-. The van der Waals surface area contributed by atoms with Gasteiger partial charge in [-0.15, -0.1) is 40.5 Å². The van der Waals surface area contributed by atoms with Gasteiger partial charge in [-0.25, -0.2) is 0 Å². The van der Waals surface area contributed by atoms with E-state index in [0.29, 0.717) is 0 Å². The number of benzene rings is 3. The molecule has 0 fully saturated rings. The van der Waals surface area contributed by atoms with Crippen molar-refractivity contribution >= 4 is 48.9 Å². The van der Waals surface area contributed by atoms with E-state index in [1.54, 1.807) is 11.3 Å². The van der Waals surface area contributed by atoms with Crippen molar-refractivity contribution in [2.45, 2.75) is 100 Å². The number of para-hydroxylation sites is 1. The minimum atomic E-state index is -0.337. The van der Waals surface area contributed by atoms with Crippen LogP contribution in [0, 0.1) is 23.8 Å². The van der Waals surface area contributed by atoms with Crippen molar-refractivity contribution in [3.63, 3.8) is 0 Å². The zero-order chi connectivity index (χ0) is 36.4. The first kappa shape index (κ1) is 40.2. The van der Waals surface area contributed by atoms with Crippen LogP contribution < -0.4 is 0 Å². The van der Waals surface area contributed by atoms with Gasteiger partial charge in [-0.1, -0.05) is 110 Å². The third-order valence-electron chi connectivity index (χ3n) is 10.9.